The number of ether oxygens (including phenoxy) is 1. The van der Waals surface area contributed by atoms with Gasteiger partial charge in [-0.1, -0.05) is 59.6 Å². The molecule has 0 aromatic heterocycles. The molecule has 0 spiro atoms. The Balaban J connectivity index is 1.57. The van der Waals surface area contributed by atoms with Crippen LogP contribution < -0.4 is 10.6 Å². The van der Waals surface area contributed by atoms with E-state index in [1.165, 1.54) is 0 Å². The number of nitrogens with one attached hydrogen (secondary N) is 2. The predicted octanol–water partition coefficient (Wildman–Crippen LogP) is 4.32. The maximum Gasteiger partial charge on any atom is 0.407 e. The Bertz CT molecular complexity index is 739. The molecule has 26 heavy (non-hydrogen) atoms. The Labute approximate surface area is 162 Å². The molecule has 7 heteroatoms. The molecule has 0 atom stereocenters. The van der Waals surface area contributed by atoms with Gasteiger partial charge in [-0.25, -0.2) is 4.79 Å². The lowest BCUT2D eigenvalue weighted by atomic mass is 10.2. The number of carbonyl (C=O) groups excluding carboxylic acids is 2. The topological polar surface area (TPSA) is 67.4 Å². The van der Waals surface area contributed by atoms with Crippen LogP contribution in [0.15, 0.2) is 48.5 Å². The largest absolute Gasteiger partial charge is 0.445 e. The van der Waals surface area contributed by atoms with Gasteiger partial charge in [-0.3, -0.25) is 4.79 Å². The normalized spacial score (nSPS) is 10.2. The van der Waals surface area contributed by atoms with Crippen molar-refractivity contribution in [1.82, 2.24) is 10.6 Å². The van der Waals surface area contributed by atoms with Crippen LogP contribution in [0.25, 0.3) is 0 Å². The third kappa shape index (κ3) is 7.33. The summed E-state index contributed by atoms with van der Waals surface area (Å²) in [5.74, 6) is -0.115. The number of benzene rings is 2. The standard InChI is InChI=1S/C19H20Cl2N2O3/c20-16-9-8-15(17(21)11-16)12-23-18(24)7-4-10-22-19(25)26-13-14-5-2-1-3-6-14/h1-3,5-6,8-9,11H,4,7,10,12-13H2,(H,22,25)(H,23,24). The number of halogens is 2. The first kappa shape index (κ1) is 20.1. The van der Waals surface area contributed by atoms with Gasteiger partial charge in [0.1, 0.15) is 6.61 Å². The molecular weight excluding hydrogens is 375 g/mol. The van der Waals surface area contributed by atoms with Crippen molar-refractivity contribution in [1.29, 1.82) is 0 Å². The third-order valence-electron chi connectivity index (χ3n) is 3.55. The summed E-state index contributed by atoms with van der Waals surface area (Å²) in [5.41, 5.74) is 1.72. The van der Waals surface area contributed by atoms with Crippen LogP contribution in [0, 0.1) is 0 Å². The van der Waals surface area contributed by atoms with Gasteiger partial charge in [-0.05, 0) is 29.7 Å². The maximum atomic E-state index is 11.8. The minimum absolute atomic E-state index is 0.115. The molecule has 0 unspecified atom stereocenters. The van der Waals surface area contributed by atoms with Crippen molar-refractivity contribution >= 4 is 35.2 Å². The van der Waals surface area contributed by atoms with Crippen LogP contribution in [-0.4, -0.2) is 18.5 Å². The highest BCUT2D eigenvalue weighted by molar-refractivity contribution is 6.35. The van der Waals surface area contributed by atoms with Gasteiger partial charge in [0.15, 0.2) is 0 Å². The Morgan fingerprint density at radius 2 is 1.77 bits per heavy atom. The van der Waals surface area contributed by atoms with Gasteiger partial charge < -0.3 is 15.4 Å². The van der Waals surface area contributed by atoms with E-state index in [0.29, 0.717) is 36.0 Å². The first-order valence-electron chi connectivity index (χ1n) is 8.20. The van der Waals surface area contributed by atoms with E-state index < -0.39 is 6.09 Å². The van der Waals surface area contributed by atoms with Crippen LogP contribution in [-0.2, 0) is 22.7 Å². The fraction of sp³-hybridized carbons (Fsp3) is 0.263. The Kier molecular flexibility index (Phi) is 8.25. The van der Waals surface area contributed by atoms with Crippen LogP contribution in [0.5, 0.6) is 0 Å². The van der Waals surface area contributed by atoms with Gasteiger partial charge >= 0.3 is 6.09 Å². The minimum atomic E-state index is -0.498. The molecule has 0 heterocycles. The molecule has 2 rings (SSSR count). The molecule has 0 aliphatic heterocycles. The summed E-state index contributed by atoms with van der Waals surface area (Å²) in [4.78, 5) is 23.4. The molecule has 2 N–H and O–H groups in total. The fourth-order valence-electron chi connectivity index (χ4n) is 2.16. The average molecular weight is 395 g/mol. The van der Waals surface area contributed by atoms with Crippen molar-refractivity contribution in [3.05, 3.63) is 69.7 Å². The highest BCUT2D eigenvalue weighted by Gasteiger charge is 2.06. The van der Waals surface area contributed by atoms with E-state index in [2.05, 4.69) is 10.6 Å². The van der Waals surface area contributed by atoms with Crippen LogP contribution >= 0.6 is 23.2 Å². The van der Waals surface area contributed by atoms with Crippen molar-refractivity contribution in [2.24, 2.45) is 0 Å². The second-order valence-corrected chi connectivity index (χ2v) is 6.45. The fourth-order valence-corrected chi connectivity index (χ4v) is 2.64. The zero-order valence-electron chi connectivity index (χ0n) is 14.1. The van der Waals surface area contributed by atoms with Crippen LogP contribution in [0.2, 0.25) is 10.0 Å². The molecule has 2 aromatic rings. The van der Waals surface area contributed by atoms with E-state index in [-0.39, 0.29) is 12.5 Å². The molecule has 0 fully saturated rings. The maximum absolute atomic E-state index is 11.8. The monoisotopic (exact) mass is 394 g/mol. The van der Waals surface area contributed by atoms with Crippen LogP contribution in [0.3, 0.4) is 0 Å². The van der Waals surface area contributed by atoms with E-state index in [9.17, 15) is 9.59 Å². The van der Waals surface area contributed by atoms with Crippen molar-refractivity contribution in [2.75, 3.05) is 6.54 Å². The summed E-state index contributed by atoms with van der Waals surface area (Å²) < 4.78 is 5.09. The Morgan fingerprint density at radius 1 is 1.00 bits per heavy atom. The summed E-state index contributed by atoms with van der Waals surface area (Å²) in [5, 5.41) is 6.47. The van der Waals surface area contributed by atoms with Gasteiger partial charge in [-0.15, -0.1) is 0 Å². The van der Waals surface area contributed by atoms with E-state index in [1.54, 1.807) is 18.2 Å². The quantitative estimate of drug-likeness (QED) is 0.655. The van der Waals surface area contributed by atoms with Gasteiger partial charge in [0.25, 0.3) is 0 Å². The predicted molar refractivity (Wildman–Crippen MR) is 102 cm³/mol. The molecule has 0 saturated carbocycles. The summed E-state index contributed by atoms with van der Waals surface area (Å²) in [6.07, 6.45) is 0.312. The zero-order valence-corrected chi connectivity index (χ0v) is 15.6. The highest BCUT2D eigenvalue weighted by Crippen LogP contribution is 2.20. The van der Waals surface area contributed by atoms with Gasteiger partial charge in [-0.2, -0.15) is 0 Å². The molecule has 0 aliphatic rings. The third-order valence-corrected chi connectivity index (χ3v) is 4.14. The van der Waals surface area contributed by atoms with E-state index in [4.69, 9.17) is 27.9 Å². The number of amides is 2. The lowest BCUT2D eigenvalue weighted by Crippen LogP contribution is -2.27. The van der Waals surface area contributed by atoms with Gasteiger partial charge in [0.05, 0.1) is 0 Å². The smallest absolute Gasteiger partial charge is 0.407 e. The molecular formula is C19H20Cl2N2O3. The van der Waals surface area contributed by atoms with Gasteiger partial charge in [0, 0.05) is 29.6 Å². The minimum Gasteiger partial charge on any atom is -0.445 e. The van der Waals surface area contributed by atoms with E-state index >= 15 is 0 Å². The molecule has 0 aliphatic carbocycles. The number of alkyl carbamates (subject to hydrolysis) is 1. The highest BCUT2D eigenvalue weighted by atomic mass is 35.5. The molecule has 0 saturated heterocycles. The summed E-state index contributed by atoms with van der Waals surface area (Å²) in [7, 11) is 0. The first-order valence-corrected chi connectivity index (χ1v) is 8.95. The molecule has 138 valence electrons. The lowest BCUT2D eigenvalue weighted by molar-refractivity contribution is -0.121. The summed E-state index contributed by atoms with van der Waals surface area (Å²) >= 11 is 11.9. The number of carbonyl (C=O) groups is 2. The number of hydrogen-bond acceptors (Lipinski definition) is 3. The molecule has 0 radical (unpaired) electrons. The second kappa shape index (κ2) is 10.7. The zero-order chi connectivity index (χ0) is 18.8. The average Bonchev–Trinajstić information content (AvgIpc) is 2.63. The SMILES string of the molecule is O=C(CCCNC(=O)OCc1ccccc1)NCc1ccc(Cl)cc1Cl. The molecule has 2 amide bonds. The molecule has 2 aromatic carbocycles. The Morgan fingerprint density at radius 3 is 2.50 bits per heavy atom. The summed E-state index contributed by atoms with van der Waals surface area (Å²) in [6.45, 7) is 0.916. The van der Waals surface area contributed by atoms with Crippen molar-refractivity contribution in [3.63, 3.8) is 0 Å². The number of rotatable bonds is 8. The molecule has 5 nitrogen and oxygen atoms in total. The van der Waals surface area contributed by atoms with E-state index in [0.717, 1.165) is 11.1 Å². The van der Waals surface area contributed by atoms with Crippen molar-refractivity contribution < 1.29 is 14.3 Å². The lowest BCUT2D eigenvalue weighted by Gasteiger charge is -2.08. The van der Waals surface area contributed by atoms with Crippen LogP contribution in [0.4, 0.5) is 4.79 Å². The van der Waals surface area contributed by atoms with Crippen molar-refractivity contribution in [3.8, 4) is 0 Å². The summed E-state index contributed by atoms with van der Waals surface area (Å²) in [6, 6.07) is 14.5. The number of hydrogen-bond donors (Lipinski definition) is 2. The Hall–Kier alpha value is -2.24. The van der Waals surface area contributed by atoms with Crippen LogP contribution in [0.1, 0.15) is 24.0 Å². The van der Waals surface area contributed by atoms with E-state index in [1.807, 2.05) is 30.3 Å². The molecule has 0 bridgehead atoms. The van der Waals surface area contributed by atoms with Crippen molar-refractivity contribution in [2.45, 2.75) is 26.0 Å². The van der Waals surface area contributed by atoms with Gasteiger partial charge in [0.2, 0.25) is 5.91 Å². The second-order valence-electron chi connectivity index (χ2n) is 5.60. The first-order chi connectivity index (χ1) is 12.5.